The molecule has 0 radical (unpaired) electrons. The molecule has 1 N–H and O–H groups in total. The summed E-state index contributed by atoms with van der Waals surface area (Å²) in [5.41, 5.74) is 0. The highest BCUT2D eigenvalue weighted by molar-refractivity contribution is 4.71. The van der Waals surface area contributed by atoms with Crippen molar-refractivity contribution in [2.45, 2.75) is 57.7 Å². The summed E-state index contributed by atoms with van der Waals surface area (Å²) in [6, 6.07) is 0. The third-order valence-corrected chi connectivity index (χ3v) is 2.50. The molecule has 0 aliphatic heterocycles. The predicted octanol–water partition coefficient (Wildman–Crippen LogP) is 2.11. The van der Waals surface area contributed by atoms with E-state index in [1.54, 1.807) is 0 Å². The molecular weight excluding hydrogens is 152 g/mol. The highest BCUT2D eigenvalue weighted by atomic mass is 16.5. The van der Waals surface area contributed by atoms with E-state index < -0.39 is 0 Å². The quantitative estimate of drug-likeness (QED) is 0.658. The molecule has 72 valence electrons. The van der Waals surface area contributed by atoms with E-state index >= 15 is 0 Å². The standard InChI is InChI=1S/C10H20O2/c1-2-3-8-12-10-6-4-9(11)5-7-10/h9-11H,2-8H2,1H3. The molecule has 0 heterocycles. The Bertz CT molecular complexity index is 106. The highest BCUT2D eigenvalue weighted by Gasteiger charge is 2.19. The molecular formula is C10H20O2. The Hall–Kier alpha value is -0.0800. The van der Waals surface area contributed by atoms with Crippen molar-refractivity contribution in [3.63, 3.8) is 0 Å². The molecule has 1 saturated carbocycles. The first-order valence-electron chi connectivity index (χ1n) is 5.12. The Labute approximate surface area is 74.9 Å². The van der Waals surface area contributed by atoms with Gasteiger partial charge in [0.2, 0.25) is 0 Å². The number of hydrogen-bond donors (Lipinski definition) is 1. The number of ether oxygens (including phenoxy) is 1. The minimum Gasteiger partial charge on any atom is -0.393 e. The van der Waals surface area contributed by atoms with Crippen LogP contribution in [0.4, 0.5) is 0 Å². The SMILES string of the molecule is CCCCOC1CCC(O)CC1. The summed E-state index contributed by atoms with van der Waals surface area (Å²) in [6.07, 6.45) is 6.69. The lowest BCUT2D eigenvalue weighted by atomic mass is 9.95. The lowest BCUT2D eigenvalue weighted by Gasteiger charge is -2.25. The number of rotatable bonds is 4. The number of unbranched alkanes of at least 4 members (excludes halogenated alkanes) is 1. The summed E-state index contributed by atoms with van der Waals surface area (Å²) in [7, 11) is 0. The smallest absolute Gasteiger partial charge is 0.0577 e. The van der Waals surface area contributed by atoms with E-state index in [1.807, 2.05) is 0 Å². The van der Waals surface area contributed by atoms with Crippen LogP contribution < -0.4 is 0 Å². The Morgan fingerprint density at radius 1 is 1.25 bits per heavy atom. The maximum atomic E-state index is 9.24. The predicted molar refractivity (Wildman–Crippen MR) is 49.1 cm³/mol. The molecule has 12 heavy (non-hydrogen) atoms. The van der Waals surface area contributed by atoms with Crippen LogP contribution in [0, 0.1) is 0 Å². The van der Waals surface area contributed by atoms with Gasteiger partial charge in [-0.3, -0.25) is 0 Å². The van der Waals surface area contributed by atoms with E-state index in [1.165, 1.54) is 12.8 Å². The van der Waals surface area contributed by atoms with E-state index in [4.69, 9.17) is 4.74 Å². The molecule has 0 saturated heterocycles. The number of hydrogen-bond acceptors (Lipinski definition) is 2. The van der Waals surface area contributed by atoms with E-state index in [9.17, 15) is 5.11 Å². The van der Waals surface area contributed by atoms with Crippen LogP contribution in [0.1, 0.15) is 45.4 Å². The van der Waals surface area contributed by atoms with Crippen molar-refractivity contribution in [2.24, 2.45) is 0 Å². The molecule has 0 bridgehead atoms. The fourth-order valence-corrected chi connectivity index (χ4v) is 1.61. The van der Waals surface area contributed by atoms with Crippen molar-refractivity contribution in [1.82, 2.24) is 0 Å². The van der Waals surface area contributed by atoms with Crippen molar-refractivity contribution in [1.29, 1.82) is 0 Å². The molecule has 0 aromatic rings. The second kappa shape index (κ2) is 5.55. The number of aliphatic hydroxyl groups is 1. The summed E-state index contributed by atoms with van der Waals surface area (Å²) in [5, 5.41) is 9.24. The first-order valence-corrected chi connectivity index (χ1v) is 5.12. The zero-order valence-corrected chi connectivity index (χ0v) is 7.96. The van der Waals surface area contributed by atoms with Crippen molar-refractivity contribution < 1.29 is 9.84 Å². The summed E-state index contributed by atoms with van der Waals surface area (Å²) in [4.78, 5) is 0. The van der Waals surface area contributed by atoms with Crippen LogP contribution in [-0.2, 0) is 4.74 Å². The second-order valence-corrected chi connectivity index (χ2v) is 3.65. The minimum atomic E-state index is -0.0592. The summed E-state index contributed by atoms with van der Waals surface area (Å²) >= 11 is 0. The van der Waals surface area contributed by atoms with Gasteiger partial charge in [0.15, 0.2) is 0 Å². The summed E-state index contributed by atoms with van der Waals surface area (Å²) in [5.74, 6) is 0. The molecule has 1 rings (SSSR count). The molecule has 1 aliphatic rings. The van der Waals surface area contributed by atoms with Crippen LogP contribution >= 0.6 is 0 Å². The molecule has 0 aromatic heterocycles. The lowest BCUT2D eigenvalue weighted by Crippen LogP contribution is -2.24. The van der Waals surface area contributed by atoms with Gasteiger partial charge in [-0.2, -0.15) is 0 Å². The Kier molecular flexibility index (Phi) is 4.62. The molecule has 2 heteroatoms. The van der Waals surface area contributed by atoms with Gasteiger partial charge in [0, 0.05) is 6.61 Å². The van der Waals surface area contributed by atoms with Crippen LogP contribution in [0.15, 0.2) is 0 Å². The maximum absolute atomic E-state index is 9.24. The molecule has 0 spiro atoms. The van der Waals surface area contributed by atoms with Crippen LogP contribution in [0.3, 0.4) is 0 Å². The van der Waals surface area contributed by atoms with Crippen LogP contribution in [0.25, 0.3) is 0 Å². The molecule has 1 aliphatic carbocycles. The molecule has 0 amide bonds. The van der Waals surface area contributed by atoms with E-state index in [0.29, 0.717) is 6.10 Å². The summed E-state index contributed by atoms with van der Waals surface area (Å²) < 4.78 is 5.66. The van der Waals surface area contributed by atoms with Gasteiger partial charge >= 0.3 is 0 Å². The zero-order valence-electron chi connectivity index (χ0n) is 7.96. The van der Waals surface area contributed by atoms with E-state index in [2.05, 4.69) is 6.92 Å². The van der Waals surface area contributed by atoms with Crippen molar-refractivity contribution in [3.8, 4) is 0 Å². The minimum absolute atomic E-state index is 0.0592. The lowest BCUT2D eigenvalue weighted by molar-refractivity contribution is -0.00405. The third kappa shape index (κ3) is 3.55. The topological polar surface area (TPSA) is 29.5 Å². The van der Waals surface area contributed by atoms with Crippen LogP contribution in [-0.4, -0.2) is 23.9 Å². The second-order valence-electron chi connectivity index (χ2n) is 3.65. The average molecular weight is 172 g/mol. The maximum Gasteiger partial charge on any atom is 0.0577 e. The zero-order chi connectivity index (χ0) is 8.81. The molecule has 1 fully saturated rings. The van der Waals surface area contributed by atoms with Gasteiger partial charge in [-0.1, -0.05) is 13.3 Å². The van der Waals surface area contributed by atoms with Crippen molar-refractivity contribution in [3.05, 3.63) is 0 Å². The normalized spacial score (nSPS) is 30.5. The van der Waals surface area contributed by atoms with Gasteiger partial charge < -0.3 is 9.84 Å². The first-order chi connectivity index (χ1) is 5.83. The largest absolute Gasteiger partial charge is 0.393 e. The molecule has 2 nitrogen and oxygen atoms in total. The van der Waals surface area contributed by atoms with Gasteiger partial charge in [0.25, 0.3) is 0 Å². The van der Waals surface area contributed by atoms with Gasteiger partial charge in [-0.05, 0) is 32.1 Å². The van der Waals surface area contributed by atoms with Crippen LogP contribution in [0.2, 0.25) is 0 Å². The highest BCUT2D eigenvalue weighted by Crippen LogP contribution is 2.20. The van der Waals surface area contributed by atoms with Gasteiger partial charge in [0.05, 0.1) is 12.2 Å². The summed E-state index contributed by atoms with van der Waals surface area (Å²) in [6.45, 7) is 3.07. The monoisotopic (exact) mass is 172 g/mol. The Morgan fingerprint density at radius 3 is 2.50 bits per heavy atom. The molecule has 0 unspecified atom stereocenters. The van der Waals surface area contributed by atoms with Crippen molar-refractivity contribution >= 4 is 0 Å². The fraction of sp³-hybridized carbons (Fsp3) is 1.00. The van der Waals surface area contributed by atoms with E-state index in [0.717, 1.165) is 32.3 Å². The van der Waals surface area contributed by atoms with Crippen molar-refractivity contribution in [2.75, 3.05) is 6.61 Å². The van der Waals surface area contributed by atoms with Gasteiger partial charge in [0.1, 0.15) is 0 Å². The van der Waals surface area contributed by atoms with Gasteiger partial charge in [-0.15, -0.1) is 0 Å². The Morgan fingerprint density at radius 2 is 1.92 bits per heavy atom. The third-order valence-electron chi connectivity index (χ3n) is 2.50. The molecule has 0 atom stereocenters. The van der Waals surface area contributed by atoms with Gasteiger partial charge in [-0.25, -0.2) is 0 Å². The first kappa shape index (κ1) is 10.0. The average Bonchev–Trinajstić information content (AvgIpc) is 2.09. The van der Waals surface area contributed by atoms with E-state index in [-0.39, 0.29) is 6.10 Å². The number of aliphatic hydroxyl groups excluding tert-OH is 1. The van der Waals surface area contributed by atoms with Crippen LogP contribution in [0.5, 0.6) is 0 Å². The fourth-order valence-electron chi connectivity index (χ4n) is 1.61. The molecule has 0 aromatic carbocycles. The Balaban J connectivity index is 2.01.